The molecule has 0 amide bonds. The zero-order chi connectivity index (χ0) is 14.6. The lowest BCUT2D eigenvalue weighted by Gasteiger charge is -2.23. The van der Waals surface area contributed by atoms with E-state index in [1.165, 1.54) is 25.4 Å². The van der Waals surface area contributed by atoms with E-state index < -0.39 is 16.2 Å². The van der Waals surface area contributed by atoms with Gasteiger partial charge in [0.05, 0.1) is 23.7 Å². The number of nitrogens with zero attached hydrogens (tertiary/aromatic N) is 3. The maximum atomic E-state index is 12.1. The third-order valence-corrected chi connectivity index (χ3v) is 5.19. The fraction of sp³-hybridized carbons (Fsp3) is 0.600. The van der Waals surface area contributed by atoms with Gasteiger partial charge in [-0.15, -0.1) is 11.3 Å². The molecule has 0 fully saturated rings. The second-order valence-corrected chi connectivity index (χ2v) is 7.29. The van der Waals surface area contributed by atoms with E-state index >= 15 is 0 Å². The Kier molecular flexibility index (Phi) is 5.41. The van der Waals surface area contributed by atoms with Crippen LogP contribution in [0.2, 0.25) is 0 Å². The molecule has 0 aromatic carbocycles. The number of hydrogen-bond acceptors (Lipinski definition) is 5. The molecular weight excluding hydrogens is 290 g/mol. The Hall–Kier alpha value is -1.03. The van der Waals surface area contributed by atoms with E-state index in [1.54, 1.807) is 5.38 Å². The van der Waals surface area contributed by atoms with Gasteiger partial charge >= 0.3 is 5.97 Å². The molecule has 0 aliphatic carbocycles. The van der Waals surface area contributed by atoms with E-state index in [4.69, 9.17) is 5.11 Å². The number of carboxylic acids is 1. The van der Waals surface area contributed by atoms with Crippen LogP contribution in [0.15, 0.2) is 5.38 Å². The molecular formula is C10H17N3O4S2. The van der Waals surface area contributed by atoms with Gasteiger partial charge in [-0.3, -0.25) is 4.79 Å². The number of aliphatic carboxylic acids is 1. The zero-order valence-corrected chi connectivity index (χ0v) is 12.7. The van der Waals surface area contributed by atoms with Crippen LogP contribution in [0.4, 0.5) is 0 Å². The minimum absolute atomic E-state index is 0.0574. The quantitative estimate of drug-likeness (QED) is 0.793. The van der Waals surface area contributed by atoms with Crippen LogP contribution in [0, 0.1) is 6.92 Å². The van der Waals surface area contributed by atoms with Crippen LogP contribution in [-0.2, 0) is 21.5 Å². The highest BCUT2D eigenvalue weighted by molar-refractivity contribution is 7.86. The van der Waals surface area contributed by atoms with Gasteiger partial charge in [0.1, 0.15) is 0 Å². The number of hydrogen-bond donors (Lipinski definition) is 1. The monoisotopic (exact) mass is 307 g/mol. The number of thiazole rings is 1. The molecule has 1 heterocycles. The molecule has 1 aromatic rings. The predicted molar refractivity (Wildman–Crippen MR) is 72.1 cm³/mol. The molecule has 108 valence electrons. The van der Waals surface area contributed by atoms with E-state index in [0.29, 0.717) is 5.69 Å². The first-order valence-electron chi connectivity index (χ1n) is 5.54. The van der Waals surface area contributed by atoms with Gasteiger partial charge < -0.3 is 5.11 Å². The maximum Gasteiger partial charge on any atom is 0.304 e. The molecule has 9 heteroatoms. The summed E-state index contributed by atoms with van der Waals surface area (Å²) in [7, 11) is -0.848. The topological polar surface area (TPSA) is 90.8 Å². The van der Waals surface area contributed by atoms with Crippen molar-refractivity contribution in [1.82, 2.24) is 13.6 Å². The third kappa shape index (κ3) is 4.53. The molecule has 0 aliphatic heterocycles. The Morgan fingerprint density at radius 1 is 1.42 bits per heavy atom. The molecule has 0 saturated carbocycles. The standard InChI is InChI=1S/C10H17N3O4S2/c1-8-11-9(7-18-8)6-13(3)19(16,17)12(2)5-4-10(14)15/h7H,4-6H2,1-3H3,(H,14,15). The smallest absolute Gasteiger partial charge is 0.304 e. The van der Waals surface area contributed by atoms with E-state index in [1.807, 2.05) is 6.92 Å². The van der Waals surface area contributed by atoms with Gasteiger partial charge in [0.2, 0.25) is 0 Å². The van der Waals surface area contributed by atoms with Crippen LogP contribution in [0.1, 0.15) is 17.1 Å². The normalized spacial score (nSPS) is 12.3. The summed E-state index contributed by atoms with van der Waals surface area (Å²) in [5, 5.41) is 11.2. The zero-order valence-electron chi connectivity index (χ0n) is 11.0. The van der Waals surface area contributed by atoms with Crippen molar-refractivity contribution >= 4 is 27.5 Å². The molecule has 0 saturated heterocycles. The summed E-state index contributed by atoms with van der Waals surface area (Å²) in [5.74, 6) is -1.03. The summed E-state index contributed by atoms with van der Waals surface area (Å²) in [6.45, 7) is 1.96. The van der Waals surface area contributed by atoms with E-state index in [-0.39, 0.29) is 19.5 Å². The highest BCUT2D eigenvalue weighted by Gasteiger charge is 2.24. The number of carbonyl (C=O) groups is 1. The fourth-order valence-corrected chi connectivity index (χ4v) is 3.09. The lowest BCUT2D eigenvalue weighted by Crippen LogP contribution is -2.40. The molecule has 0 bridgehead atoms. The number of carboxylic acid groups (broad SMARTS) is 1. The second kappa shape index (κ2) is 6.42. The van der Waals surface area contributed by atoms with Crippen LogP contribution in [-0.4, -0.2) is 53.7 Å². The van der Waals surface area contributed by atoms with Gasteiger partial charge in [-0.1, -0.05) is 0 Å². The van der Waals surface area contributed by atoms with Crippen molar-refractivity contribution < 1.29 is 18.3 Å². The molecule has 1 N–H and O–H groups in total. The van der Waals surface area contributed by atoms with Gasteiger partial charge in [0.25, 0.3) is 10.2 Å². The Bertz CT molecular complexity index is 541. The predicted octanol–water partition coefficient (Wildman–Crippen LogP) is 0.535. The Morgan fingerprint density at radius 2 is 2.05 bits per heavy atom. The van der Waals surface area contributed by atoms with Crippen molar-refractivity contribution in [2.75, 3.05) is 20.6 Å². The van der Waals surface area contributed by atoms with Crippen molar-refractivity contribution in [2.24, 2.45) is 0 Å². The number of aryl methyl sites for hydroxylation is 1. The van der Waals surface area contributed by atoms with Gasteiger partial charge in [-0.2, -0.15) is 17.0 Å². The average molecular weight is 307 g/mol. The number of aromatic nitrogens is 1. The summed E-state index contributed by atoms with van der Waals surface area (Å²) >= 11 is 1.46. The lowest BCUT2D eigenvalue weighted by atomic mass is 10.4. The molecule has 1 rings (SSSR count). The molecule has 0 atom stereocenters. The van der Waals surface area contributed by atoms with Gasteiger partial charge in [0.15, 0.2) is 0 Å². The molecule has 0 aliphatic rings. The average Bonchev–Trinajstić information content (AvgIpc) is 2.71. The lowest BCUT2D eigenvalue weighted by molar-refractivity contribution is -0.137. The van der Waals surface area contributed by atoms with E-state index in [9.17, 15) is 13.2 Å². The van der Waals surface area contributed by atoms with Crippen LogP contribution in [0.5, 0.6) is 0 Å². The highest BCUT2D eigenvalue weighted by atomic mass is 32.2. The van der Waals surface area contributed by atoms with Crippen LogP contribution in [0.25, 0.3) is 0 Å². The summed E-state index contributed by atoms with van der Waals surface area (Å²) < 4.78 is 26.4. The largest absolute Gasteiger partial charge is 0.481 e. The van der Waals surface area contributed by atoms with Crippen molar-refractivity contribution in [3.63, 3.8) is 0 Å². The van der Waals surface area contributed by atoms with Crippen molar-refractivity contribution in [1.29, 1.82) is 0 Å². The molecule has 1 aromatic heterocycles. The van der Waals surface area contributed by atoms with Gasteiger partial charge in [0, 0.05) is 26.0 Å². The van der Waals surface area contributed by atoms with E-state index in [2.05, 4.69) is 4.98 Å². The van der Waals surface area contributed by atoms with Crippen molar-refractivity contribution in [3.05, 3.63) is 16.1 Å². The minimum atomic E-state index is -3.66. The maximum absolute atomic E-state index is 12.1. The Balaban J connectivity index is 2.67. The molecule has 19 heavy (non-hydrogen) atoms. The summed E-state index contributed by atoms with van der Waals surface area (Å²) in [4.78, 5) is 14.6. The Morgan fingerprint density at radius 3 is 2.53 bits per heavy atom. The summed E-state index contributed by atoms with van der Waals surface area (Å²) in [6, 6.07) is 0. The van der Waals surface area contributed by atoms with Crippen LogP contribution >= 0.6 is 11.3 Å². The number of rotatable bonds is 7. The third-order valence-electron chi connectivity index (χ3n) is 2.48. The highest BCUT2D eigenvalue weighted by Crippen LogP contribution is 2.13. The van der Waals surface area contributed by atoms with Crippen LogP contribution in [0.3, 0.4) is 0 Å². The molecule has 0 radical (unpaired) electrons. The SMILES string of the molecule is Cc1nc(CN(C)S(=O)(=O)N(C)CCC(=O)O)cs1. The Labute approximate surface area is 116 Å². The molecule has 7 nitrogen and oxygen atoms in total. The summed E-state index contributed by atoms with van der Waals surface area (Å²) in [6.07, 6.45) is -0.223. The fourth-order valence-electron chi connectivity index (χ4n) is 1.40. The van der Waals surface area contributed by atoms with Crippen LogP contribution < -0.4 is 0 Å². The minimum Gasteiger partial charge on any atom is -0.481 e. The van der Waals surface area contributed by atoms with Gasteiger partial charge in [-0.25, -0.2) is 4.98 Å². The molecule has 0 unspecified atom stereocenters. The molecule has 0 spiro atoms. The van der Waals surface area contributed by atoms with E-state index in [0.717, 1.165) is 13.6 Å². The first-order valence-corrected chi connectivity index (χ1v) is 7.81. The first-order chi connectivity index (χ1) is 8.73. The van der Waals surface area contributed by atoms with Crippen molar-refractivity contribution in [2.45, 2.75) is 19.9 Å². The first kappa shape index (κ1) is 16.0. The summed E-state index contributed by atoms with van der Waals surface area (Å²) in [5.41, 5.74) is 0.681. The second-order valence-electron chi connectivity index (χ2n) is 4.09. The van der Waals surface area contributed by atoms with Crippen molar-refractivity contribution in [3.8, 4) is 0 Å². The van der Waals surface area contributed by atoms with Gasteiger partial charge in [-0.05, 0) is 6.92 Å².